The molecule has 1 aliphatic carbocycles. The van der Waals surface area contributed by atoms with Crippen LogP contribution in [-0.2, 0) is 0 Å². The lowest BCUT2D eigenvalue weighted by Crippen LogP contribution is -2.32. The van der Waals surface area contributed by atoms with Crippen molar-refractivity contribution >= 4 is 0 Å². The van der Waals surface area contributed by atoms with Gasteiger partial charge in [-0.1, -0.05) is 0 Å². The second-order valence-electron chi connectivity index (χ2n) is 6.06. The molecule has 4 rings (SSSR count). The van der Waals surface area contributed by atoms with Gasteiger partial charge in [0.25, 0.3) is 5.88 Å². The predicted octanol–water partition coefficient (Wildman–Crippen LogP) is 2.96. The van der Waals surface area contributed by atoms with E-state index in [-0.39, 0.29) is 12.0 Å². The van der Waals surface area contributed by atoms with Crippen molar-refractivity contribution in [2.45, 2.75) is 31.8 Å². The standard InChI is InChI=1S/C18H18N4O4/c1-2-24-17-7-11(3-4-19-17)12-5-13(6-12)25-18-10-20-14(9-21-18)15-8-16(23)22-26-15/h3-4,7-10,12-13H,2,5-6H2,1H3,(H,22,23)/t12-,13-. The summed E-state index contributed by atoms with van der Waals surface area (Å²) in [6.45, 7) is 2.55. The topological polar surface area (TPSA) is 103 Å². The van der Waals surface area contributed by atoms with Crippen LogP contribution in [0.25, 0.3) is 11.5 Å². The molecule has 0 aliphatic heterocycles. The Labute approximate surface area is 149 Å². The van der Waals surface area contributed by atoms with Crippen LogP contribution in [0.1, 0.15) is 31.2 Å². The highest BCUT2D eigenvalue weighted by Crippen LogP contribution is 2.39. The van der Waals surface area contributed by atoms with Gasteiger partial charge in [-0.15, -0.1) is 0 Å². The Morgan fingerprint density at radius 2 is 2.04 bits per heavy atom. The van der Waals surface area contributed by atoms with Crippen LogP contribution >= 0.6 is 0 Å². The Morgan fingerprint density at radius 3 is 2.73 bits per heavy atom. The molecule has 134 valence electrons. The van der Waals surface area contributed by atoms with Crippen LogP contribution in [0.5, 0.6) is 17.6 Å². The molecule has 3 heterocycles. The molecule has 0 saturated heterocycles. The molecule has 0 bridgehead atoms. The number of hydrogen-bond acceptors (Lipinski definition) is 8. The largest absolute Gasteiger partial charge is 0.491 e. The number of nitrogens with zero attached hydrogens (tertiary/aromatic N) is 4. The van der Waals surface area contributed by atoms with Crippen LogP contribution in [0.4, 0.5) is 0 Å². The van der Waals surface area contributed by atoms with Crippen LogP contribution in [0.3, 0.4) is 0 Å². The van der Waals surface area contributed by atoms with Crippen molar-refractivity contribution in [1.29, 1.82) is 0 Å². The number of aromatic nitrogens is 4. The molecule has 0 amide bonds. The molecule has 1 aliphatic rings. The van der Waals surface area contributed by atoms with Crippen LogP contribution < -0.4 is 9.47 Å². The van der Waals surface area contributed by atoms with E-state index in [0.29, 0.717) is 35.7 Å². The fraction of sp³-hybridized carbons (Fsp3) is 0.333. The van der Waals surface area contributed by atoms with Crippen LogP contribution in [0, 0.1) is 0 Å². The molecule has 1 fully saturated rings. The summed E-state index contributed by atoms with van der Waals surface area (Å²) < 4.78 is 16.2. The lowest BCUT2D eigenvalue weighted by atomic mass is 9.78. The van der Waals surface area contributed by atoms with E-state index in [9.17, 15) is 5.11 Å². The zero-order valence-electron chi connectivity index (χ0n) is 14.2. The maximum Gasteiger partial charge on any atom is 0.252 e. The first-order valence-electron chi connectivity index (χ1n) is 8.44. The molecule has 1 saturated carbocycles. The first-order chi connectivity index (χ1) is 12.7. The fourth-order valence-electron chi connectivity index (χ4n) is 2.90. The molecular formula is C18H18N4O4. The normalized spacial score (nSPS) is 19.0. The maximum atomic E-state index is 9.20. The molecular weight excluding hydrogens is 336 g/mol. The summed E-state index contributed by atoms with van der Waals surface area (Å²) in [5.41, 5.74) is 1.70. The van der Waals surface area contributed by atoms with E-state index in [2.05, 4.69) is 20.1 Å². The molecule has 26 heavy (non-hydrogen) atoms. The smallest absolute Gasteiger partial charge is 0.252 e. The average molecular weight is 354 g/mol. The molecule has 3 aromatic rings. The molecule has 0 radical (unpaired) electrons. The molecule has 0 aromatic carbocycles. The van der Waals surface area contributed by atoms with Gasteiger partial charge in [0.05, 0.1) is 25.1 Å². The third kappa shape index (κ3) is 3.44. The maximum absolute atomic E-state index is 9.20. The predicted molar refractivity (Wildman–Crippen MR) is 91.0 cm³/mol. The van der Waals surface area contributed by atoms with Crippen molar-refractivity contribution in [3.63, 3.8) is 0 Å². The minimum Gasteiger partial charge on any atom is -0.491 e. The number of aromatic hydroxyl groups is 1. The van der Waals surface area contributed by atoms with Crippen molar-refractivity contribution in [2.24, 2.45) is 0 Å². The molecule has 0 spiro atoms. The first kappa shape index (κ1) is 16.3. The summed E-state index contributed by atoms with van der Waals surface area (Å²) in [5, 5.41) is 12.6. The lowest BCUT2D eigenvalue weighted by Gasteiger charge is -2.35. The van der Waals surface area contributed by atoms with E-state index < -0.39 is 0 Å². The minimum absolute atomic E-state index is 0.109. The highest BCUT2D eigenvalue weighted by molar-refractivity contribution is 5.51. The van der Waals surface area contributed by atoms with Gasteiger partial charge >= 0.3 is 0 Å². The first-order valence-corrected chi connectivity index (χ1v) is 8.44. The van der Waals surface area contributed by atoms with Crippen LogP contribution in [0.2, 0.25) is 0 Å². The van der Waals surface area contributed by atoms with Gasteiger partial charge in [0.15, 0.2) is 5.76 Å². The van der Waals surface area contributed by atoms with E-state index in [1.807, 2.05) is 19.1 Å². The van der Waals surface area contributed by atoms with E-state index >= 15 is 0 Å². The lowest BCUT2D eigenvalue weighted by molar-refractivity contribution is 0.0929. The van der Waals surface area contributed by atoms with Gasteiger partial charge in [0.1, 0.15) is 11.8 Å². The zero-order chi connectivity index (χ0) is 17.9. The number of pyridine rings is 1. The third-order valence-electron chi connectivity index (χ3n) is 4.28. The Morgan fingerprint density at radius 1 is 1.15 bits per heavy atom. The van der Waals surface area contributed by atoms with Gasteiger partial charge in [-0.2, -0.15) is 0 Å². The summed E-state index contributed by atoms with van der Waals surface area (Å²) >= 11 is 0. The number of rotatable bonds is 6. The van der Waals surface area contributed by atoms with Gasteiger partial charge in [-0.05, 0) is 42.5 Å². The minimum atomic E-state index is -0.189. The molecule has 0 atom stereocenters. The van der Waals surface area contributed by atoms with E-state index in [0.717, 1.165) is 12.8 Å². The molecule has 0 unspecified atom stereocenters. The van der Waals surface area contributed by atoms with Crippen LogP contribution in [-0.4, -0.2) is 37.9 Å². The number of ether oxygens (including phenoxy) is 2. The van der Waals surface area contributed by atoms with Crippen LogP contribution in [0.15, 0.2) is 41.3 Å². The van der Waals surface area contributed by atoms with Gasteiger partial charge in [-0.3, -0.25) is 0 Å². The molecule has 8 nitrogen and oxygen atoms in total. The SMILES string of the molecule is CCOc1cc([C@H]2C[C@H](Oc3cnc(-c4cc(O)no4)cn3)C2)ccn1. The van der Waals surface area contributed by atoms with Crippen molar-refractivity contribution in [3.05, 3.63) is 42.4 Å². The number of hydrogen-bond donors (Lipinski definition) is 1. The van der Waals surface area contributed by atoms with Crippen molar-refractivity contribution < 1.29 is 19.1 Å². The Hall–Kier alpha value is -3.16. The molecule has 3 aromatic heterocycles. The highest BCUT2D eigenvalue weighted by atomic mass is 16.5. The fourth-order valence-corrected chi connectivity index (χ4v) is 2.90. The van der Waals surface area contributed by atoms with Crippen molar-refractivity contribution in [2.75, 3.05) is 6.61 Å². The Bertz CT molecular complexity index is 875. The summed E-state index contributed by atoms with van der Waals surface area (Å²) in [6, 6.07) is 5.39. The van der Waals surface area contributed by atoms with E-state index in [1.165, 1.54) is 17.8 Å². The van der Waals surface area contributed by atoms with E-state index in [4.69, 9.17) is 14.0 Å². The quantitative estimate of drug-likeness (QED) is 0.720. The Balaban J connectivity index is 1.33. The third-order valence-corrected chi connectivity index (χ3v) is 4.28. The second kappa shape index (κ2) is 6.99. The molecule has 1 N–H and O–H groups in total. The van der Waals surface area contributed by atoms with Crippen molar-refractivity contribution in [1.82, 2.24) is 20.1 Å². The molecule has 8 heteroatoms. The van der Waals surface area contributed by atoms with Gasteiger partial charge in [-0.25, -0.2) is 15.0 Å². The Kier molecular flexibility index (Phi) is 4.39. The van der Waals surface area contributed by atoms with Gasteiger partial charge in [0.2, 0.25) is 11.8 Å². The monoisotopic (exact) mass is 354 g/mol. The highest BCUT2D eigenvalue weighted by Gasteiger charge is 2.32. The summed E-state index contributed by atoms with van der Waals surface area (Å²) in [7, 11) is 0. The zero-order valence-corrected chi connectivity index (χ0v) is 14.2. The summed E-state index contributed by atoms with van der Waals surface area (Å²) in [4.78, 5) is 12.7. The average Bonchev–Trinajstić information content (AvgIpc) is 3.05. The second-order valence-corrected chi connectivity index (χ2v) is 6.06. The van der Waals surface area contributed by atoms with Gasteiger partial charge in [0, 0.05) is 12.3 Å². The van der Waals surface area contributed by atoms with E-state index in [1.54, 1.807) is 12.4 Å². The van der Waals surface area contributed by atoms with Crippen molar-refractivity contribution in [3.8, 4) is 29.1 Å². The summed E-state index contributed by atoms with van der Waals surface area (Å²) in [5.74, 6) is 1.73. The summed E-state index contributed by atoms with van der Waals surface area (Å²) in [6.07, 6.45) is 6.78. The van der Waals surface area contributed by atoms with Gasteiger partial charge < -0.3 is 19.1 Å².